The molecule has 0 radical (unpaired) electrons. The van der Waals surface area contributed by atoms with Gasteiger partial charge in [0.2, 0.25) is 10.0 Å². The number of rotatable bonds is 3. The van der Waals surface area contributed by atoms with E-state index in [2.05, 4.69) is 9.71 Å². The largest absolute Gasteiger partial charge is 0.444 e. The fourth-order valence-corrected chi connectivity index (χ4v) is 3.58. The van der Waals surface area contributed by atoms with Gasteiger partial charge in [-0.15, -0.1) is 0 Å². The standard InChI is InChI=1S/C15H23N3O4S/c1-15(2,3)22-14(19)18-9-5-6-12(11-18)17-23(20,21)13-7-4-8-16-10-13/h4,7-8,10,12,17H,5-6,9,11H2,1-3H3. The van der Waals surface area contributed by atoms with E-state index in [1.807, 2.05) is 0 Å². The molecule has 1 N–H and O–H groups in total. The number of hydrogen-bond acceptors (Lipinski definition) is 5. The number of pyridine rings is 1. The zero-order valence-corrected chi connectivity index (χ0v) is 14.5. The zero-order chi connectivity index (χ0) is 17.1. The molecule has 23 heavy (non-hydrogen) atoms. The van der Waals surface area contributed by atoms with Crippen LogP contribution < -0.4 is 4.72 Å². The third-order valence-electron chi connectivity index (χ3n) is 3.34. The maximum absolute atomic E-state index is 12.3. The minimum Gasteiger partial charge on any atom is -0.444 e. The smallest absolute Gasteiger partial charge is 0.410 e. The Balaban J connectivity index is 2.00. The summed E-state index contributed by atoms with van der Waals surface area (Å²) in [7, 11) is -3.64. The van der Waals surface area contributed by atoms with Crippen LogP contribution in [0.4, 0.5) is 4.79 Å². The number of amides is 1. The Bertz CT molecular complexity index is 640. The van der Waals surface area contributed by atoms with E-state index in [1.165, 1.54) is 18.5 Å². The van der Waals surface area contributed by atoms with Crippen LogP contribution in [-0.2, 0) is 14.8 Å². The Kier molecular flexibility index (Phi) is 5.26. The molecule has 2 heterocycles. The highest BCUT2D eigenvalue weighted by molar-refractivity contribution is 7.89. The summed E-state index contributed by atoms with van der Waals surface area (Å²) in [5, 5.41) is 0. The molecule has 1 aromatic rings. The molecule has 1 aliphatic heterocycles. The molecule has 1 saturated heterocycles. The molecule has 0 bridgehead atoms. The number of ether oxygens (including phenoxy) is 1. The van der Waals surface area contributed by atoms with Crippen molar-refractivity contribution in [3.63, 3.8) is 0 Å². The first-order chi connectivity index (χ1) is 10.7. The lowest BCUT2D eigenvalue weighted by Crippen LogP contribution is -2.50. The highest BCUT2D eigenvalue weighted by Crippen LogP contribution is 2.17. The van der Waals surface area contributed by atoms with E-state index in [0.29, 0.717) is 19.5 Å². The van der Waals surface area contributed by atoms with Gasteiger partial charge in [-0.05, 0) is 45.7 Å². The summed E-state index contributed by atoms with van der Waals surface area (Å²) in [5.41, 5.74) is -0.570. The predicted octanol–water partition coefficient (Wildman–Crippen LogP) is 1.76. The van der Waals surface area contributed by atoms with Crippen LogP contribution in [0.15, 0.2) is 29.4 Å². The number of carbonyl (C=O) groups is 1. The van der Waals surface area contributed by atoms with E-state index >= 15 is 0 Å². The number of sulfonamides is 1. The summed E-state index contributed by atoms with van der Waals surface area (Å²) in [6.45, 7) is 6.28. The van der Waals surface area contributed by atoms with Crippen molar-refractivity contribution in [1.29, 1.82) is 0 Å². The molecule has 128 valence electrons. The lowest BCUT2D eigenvalue weighted by Gasteiger charge is -2.34. The summed E-state index contributed by atoms with van der Waals surface area (Å²) in [6.07, 6.45) is 3.81. The summed E-state index contributed by atoms with van der Waals surface area (Å²) in [6, 6.07) is 2.73. The van der Waals surface area contributed by atoms with E-state index in [4.69, 9.17) is 4.74 Å². The van der Waals surface area contributed by atoms with Crippen molar-refractivity contribution in [2.24, 2.45) is 0 Å². The molecule has 1 fully saturated rings. The molecule has 0 aromatic carbocycles. The Morgan fingerprint density at radius 2 is 2.17 bits per heavy atom. The number of piperidine rings is 1. The van der Waals surface area contributed by atoms with Crippen LogP contribution in [0.25, 0.3) is 0 Å². The van der Waals surface area contributed by atoms with Crippen LogP contribution in [0.5, 0.6) is 0 Å². The van der Waals surface area contributed by atoms with E-state index in [0.717, 1.165) is 6.42 Å². The molecule has 1 amide bonds. The fraction of sp³-hybridized carbons (Fsp3) is 0.600. The van der Waals surface area contributed by atoms with Gasteiger partial charge in [0.1, 0.15) is 10.5 Å². The number of hydrogen-bond donors (Lipinski definition) is 1. The number of likely N-dealkylation sites (tertiary alicyclic amines) is 1. The van der Waals surface area contributed by atoms with Gasteiger partial charge in [0.25, 0.3) is 0 Å². The van der Waals surface area contributed by atoms with Gasteiger partial charge in [-0.3, -0.25) is 4.98 Å². The predicted molar refractivity (Wildman–Crippen MR) is 85.4 cm³/mol. The highest BCUT2D eigenvalue weighted by atomic mass is 32.2. The first kappa shape index (κ1) is 17.7. The minimum atomic E-state index is -3.64. The molecule has 2 rings (SSSR count). The Morgan fingerprint density at radius 3 is 2.78 bits per heavy atom. The van der Waals surface area contributed by atoms with Crippen molar-refractivity contribution in [3.8, 4) is 0 Å². The van der Waals surface area contributed by atoms with Gasteiger partial charge in [-0.1, -0.05) is 0 Å². The summed E-state index contributed by atoms with van der Waals surface area (Å²) >= 11 is 0. The molecular formula is C15H23N3O4S. The lowest BCUT2D eigenvalue weighted by molar-refractivity contribution is 0.0195. The molecule has 0 aliphatic carbocycles. The quantitative estimate of drug-likeness (QED) is 0.905. The van der Waals surface area contributed by atoms with E-state index < -0.39 is 21.7 Å². The maximum atomic E-state index is 12.3. The van der Waals surface area contributed by atoms with Crippen LogP contribution in [0, 0.1) is 0 Å². The molecule has 8 heteroatoms. The Morgan fingerprint density at radius 1 is 1.43 bits per heavy atom. The second kappa shape index (κ2) is 6.84. The summed E-state index contributed by atoms with van der Waals surface area (Å²) in [5.74, 6) is 0. The van der Waals surface area contributed by atoms with Gasteiger partial charge >= 0.3 is 6.09 Å². The molecule has 1 aromatic heterocycles. The lowest BCUT2D eigenvalue weighted by atomic mass is 10.1. The third-order valence-corrected chi connectivity index (χ3v) is 4.85. The van der Waals surface area contributed by atoms with Crippen LogP contribution in [0.1, 0.15) is 33.6 Å². The normalized spacial score (nSPS) is 19.4. The topological polar surface area (TPSA) is 88.6 Å². The number of nitrogens with zero attached hydrogens (tertiary/aromatic N) is 2. The number of carbonyl (C=O) groups excluding carboxylic acids is 1. The van der Waals surface area contributed by atoms with Gasteiger partial charge in [-0.25, -0.2) is 17.9 Å². The average molecular weight is 341 g/mol. The molecule has 0 saturated carbocycles. The van der Waals surface area contributed by atoms with Crippen molar-refractivity contribution in [2.75, 3.05) is 13.1 Å². The van der Waals surface area contributed by atoms with Crippen molar-refractivity contribution in [2.45, 2.75) is 50.2 Å². The summed E-state index contributed by atoms with van der Waals surface area (Å²) < 4.78 is 32.6. The zero-order valence-electron chi connectivity index (χ0n) is 13.7. The number of nitrogens with one attached hydrogen (secondary N) is 1. The van der Waals surface area contributed by atoms with E-state index in [-0.39, 0.29) is 10.9 Å². The highest BCUT2D eigenvalue weighted by Gasteiger charge is 2.30. The molecule has 1 unspecified atom stereocenters. The van der Waals surface area contributed by atoms with Crippen molar-refractivity contribution in [1.82, 2.24) is 14.6 Å². The molecule has 1 aliphatic rings. The Hall–Kier alpha value is -1.67. The number of aromatic nitrogens is 1. The second-order valence-electron chi connectivity index (χ2n) is 6.58. The van der Waals surface area contributed by atoms with Crippen molar-refractivity contribution < 1.29 is 17.9 Å². The molecule has 0 spiro atoms. The van der Waals surface area contributed by atoms with Gasteiger partial charge in [0.15, 0.2) is 0 Å². The fourth-order valence-electron chi connectivity index (χ4n) is 2.36. The molecule has 1 atom stereocenters. The van der Waals surface area contributed by atoms with Gasteiger partial charge in [-0.2, -0.15) is 0 Å². The third kappa shape index (κ3) is 5.18. The van der Waals surface area contributed by atoms with Crippen molar-refractivity contribution in [3.05, 3.63) is 24.5 Å². The van der Waals surface area contributed by atoms with Gasteiger partial charge in [0, 0.05) is 31.5 Å². The van der Waals surface area contributed by atoms with E-state index in [1.54, 1.807) is 31.7 Å². The van der Waals surface area contributed by atoms with Gasteiger partial charge < -0.3 is 9.64 Å². The first-order valence-electron chi connectivity index (χ1n) is 7.58. The van der Waals surface area contributed by atoms with Crippen LogP contribution >= 0.6 is 0 Å². The maximum Gasteiger partial charge on any atom is 0.410 e. The Labute approximate surface area is 137 Å². The SMILES string of the molecule is CC(C)(C)OC(=O)N1CCCC(NS(=O)(=O)c2cccnc2)C1. The minimum absolute atomic E-state index is 0.120. The van der Waals surface area contributed by atoms with Crippen LogP contribution in [0.2, 0.25) is 0 Å². The van der Waals surface area contributed by atoms with Crippen LogP contribution in [0.3, 0.4) is 0 Å². The second-order valence-corrected chi connectivity index (χ2v) is 8.29. The average Bonchev–Trinajstić information content (AvgIpc) is 2.46. The van der Waals surface area contributed by atoms with E-state index in [9.17, 15) is 13.2 Å². The van der Waals surface area contributed by atoms with Gasteiger partial charge in [0.05, 0.1) is 0 Å². The molecule has 7 nitrogen and oxygen atoms in total. The summed E-state index contributed by atoms with van der Waals surface area (Å²) in [4.78, 5) is 17.6. The first-order valence-corrected chi connectivity index (χ1v) is 9.06. The van der Waals surface area contributed by atoms with Crippen LogP contribution in [-0.4, -0.2) is 49.1 Å². The molecular weight excluding hydrogens is 318 g/mol. The van der Waals surface area contributed by atoms with Crippen molar-refractivity contribution >= 4 is 16.1 Å². The monoisotopic (exact) mass is 341 g/mol.